The monoisotopic (exact) mass is 266 g/mol. The Morgan fingerprint density at radius 3 is 2.37 bits per heavy atom. The molecule has 1 aliphatic carbocycles. The molecule has 0 bridgehead atoms. The number of carbonyl (C=O) groups is 1. The van der Waals surface area contributed by atoms with Crippen molar-refractivity contribution < 1.29 is 4.79 Å². The second-order valence-corrected chi connectivity index (χ2v) is 6.74. The van der Waals surface area contributed by atoms with E-state index < -0.39 is 0 Å². The Bertz CT molecular complexity index is 278. The van der Waals surface area contributed by atoms with E-state index in [1.54, 1.807) is 0 Å². The third kappa shape index (κ3) is 4.88. The van der Waals surface area contributed by atoms with Crippen LogP contribution in [0.4, 0.5) is 0 Å². The van der Waals surface area contributed by atoms with Crippen molar-refractivity contribution in [3.05, 3.63) is 0 Å². The van der Waals surface area contributed by atoms with Crippen LogP contribution in [0.1, 0.15) is 44.9 Å². The molecular weight excluding hydrogens is 236 g/mol. The third-order valence-electron chi connectivity index (χ3n) is 4.89. The number of likely N-dealkylation sites (N-methyl/N-ethyl adjacent to an activating group) is 1. The Hall–Kier alpha value is -0.410. The third-order valence-corrected chi connectivity index (χ3v) is 4.89. The first-order chi connectivity index (χ1) is 9.15. The summed E-state index contributed by atoms with van der Waals surface area (Å²) in [5.41, 5.74) is 0. The summed E-state index contributed by atoms with van der Waals surface area (Å²) in [7, 11) is 4.32. The minimum atomic E-state index is 0.369. The van der Waals surface area contributed by atoms with Crippen LogP contribution in [0.3, 0.4) is 0 Å². The Morgan fingerprint density at radius 1 is 1.11 bits per heavy atom. The van der Waals surface area contributed by atoms with E-state index in [0.29, 0.717) is 18.2 Å². The van der Waals surface area contributed by atoms with E-state index in [2.05, 4.69) is 23.9 Å². The zero-order valence-corrected chi connectivity index (χ0v) is 12.7. The van der Waals surface area contributed by atoms with Gasteiger partial charge >= 0.3 is 0 Å². The van der Waals surface area contributed by atoms with Crippen molar-refractivity contribution in [1.29, 1.82) is 0 Å². The fraction of sp³-hybridized carbons (Fsp3) is 0.938. The molecule has 0 atom stereocenters. The summed E-state index contributed by atoms with van der Waals surface area (Å²) in [6.45, 7) is 4.22. The van der Waals surface area contributed by atoms with Crippen LogP contribution < -0.4 is 0 Å². The molecule has 3 nitrogen and oxygen atoms in total. The molecule has 0 N–H and O–H groups in total. The Labute approximate surface area is 118 Å². The van der Waals surface area contributed by atoms with Crippen LogP contribution in [0.25, 0.3) is 0 Å². The van der Waals surface area contributed by atoms with Crippen LogP contribution in [0.2, 0.25) is 0 Å². The molecule has 2 aliphatic rings. The van der Waals surface area contributed by atoms with Gasteiger partial charge in [-0.25, -0.2) is 0 Å². The molecule has 0 aromatic heterocycles. The molecule has 1 saturated carbocycles. The second kappa shape index (κ2) is 7.39. The summed E-state index contributed by atoms with van der Waals surface area (Å²) in [5, 5.41) is 0. The van der Waals surface area contributed by atoms with E-state index in [4.69, 9.17) is 0 Å². The van der Waals surface area contributed by atoms with Gasteiger partial charge in [-0.15, -0.1) is 0 Å². The Kier molecular flexibility index (Phi) is 5.83. The van der Waals surface area contributed by atoms with Crippen LogP contribution in [-0.2, 0) is 4.79 Å². The van der Waals surface area contributed by atoms with E-state index >= 15 is 0 Å². The summed E-state index contributed by atoms with van der Waals surface area (Å²) in [6, 6.07) is 0. The molecule has 2 fully saturated rings. The minimum Gasteiger partial charge on any atom is -0.306 e. The largest absolute Gasteiger partial charge is 0.306 e. The number of carbonyl (C=O) groups excluding carboxylic acids is 1. The highest BCUT2D eigenvalue weighted by Gasteiger charge is 2.23. The predicted octanol–water partition coefficient (Wildman–Crippen LogP) is 2.41. The quantitative estimate of drug-likeness (QED) is 0.763. The molecule has 110 valence electrons. The van der Waals surface area contributed by atoms with Crippen molar-refractivity contribution in [1.82, 2.24) is 9.80 Å². The van der Waals surface area contributed by atoms with Gasteiger partial charge in [-0.1, -0.05) is 19.3 Å². The van der Waals surface area contributed by atoms with Crippen molar-refractivity contribution in [2.75, 3.05) is 40.3 Å². The molecule has 0 radical (unpaired) electrons. The van der Waals surface area contributed by atoms with Gasteiger partial charge in [0.05, 0.1) is 6.54 Å². The first-order valence-corrected chi connectivity index (χ1v) is 8.05. The highest BCUT2D eigenvalue weighted by Crippen LogP contribution is 2.24. The maximum atomic E-state index is 12.3. The molecule has 3 heteroatoms. The van der Waals surface area contributed by atoms with Gasteiger partial charge in [-0.3, -0.25) is 9.69 Å². The lowest BCUT2D eigenvalue weighted by atomic mass is 9.86. The van der Waals surface area contributed by atoms with Gasteiger partial charge in [0.1, 0.15) is 5.78 Å². The highest BCUT2D eigenvalue weighted by atomic mass is 16.1. The molecule has 0 aromatic carbocycles. The minimum absolute atomic E-state index is 0.369. The molecule has 0 amide bonds. The average molecular weight is 266 g/mol. The topological polar surface area (TPSA) is 23.6 Å². The van der Waals surface area contributed by atoms with E-state index in [9.17, 15) is 4.79 Å². The van der Waals surface area contributed by atoms with Gasteiger partial charge in [-0.05, 0) is 58.8 Å². The van der Waals surface area contributed by atoms with Gasteiger partial charge in [0, 0.05) is 12.5 Å². The van der Waals surface area contributed by atoms with Gasteiger partial charge in [0.25, 0.3) is 0 Å². The van der Waals surface area contributed by atoms with Gasteiger partial charge < -0.3 is 4.90 Å². The summed E-state index contributed by atoms with van der Waals surface area (Å²) in [6.07, 6.45) is 8.71. The zero-order valence-electron chi connectivity index (χ0n) is 12.7. The average Bonchev–Trinajstić information content (AvgIpc) is 2.42. The smallest absolute Gasteiger partial charge is 0.149 e. The van der Waals surface area contributed by atoms with E-state index in [1.165, 1.54) is 45.2 Å². The number of nitrogens with zero attached hydrogens (tertiary/aromatic N) is 2. The maximum Gasteiger partial charge on any atom is 0.149 e. The molecule has 0 aromatic rings. The molecule has 0 unspecified atom stereocenters. The Balaban J connectivity index is 1.68. The number of likely N-dealkylation sites (tertiary alicyclic amines) is 1. The lowest BCUT2D eigenvalue weighted by molar-refractivity contribution is -0.124. The van der Waals surface area contributed by atoms with Crippen LogP contribution >= 0.6 is 0 Å². The SMILES string of the molecule is CN1CCC(CN(C)CC(=O)C2CCCCC2)CC1. The number of ketones is 1. The Morgan fingerprint density at radius 2 is 1.74 bits per heavy atom. The molecule has 1 saturated heterocycles. The normalized spacial score (nSPS) is 23.9. The van der Waals surface area contributed by atoms with Crippen LogP contribution in [-0.4, -0.2) is 55.9 Å². The van der Waals surface area contributed by atoms with Crippen molar-refractivity contribution >= 4 is 5.78 Å². The van der Waals surface area contributed by atoms with Crippen LogP contribution in [0.15, 0.2) is 0 Å². The van der Waals surface area contributed by atoms with Crippen molar-refractivity contribution in [2.24, 2.45) is 11.8 Å². The number of Topliss-reactive ketones (excluding diaryl/α,β-unsaturated/α-hetero) is 1. The van der Waals surface area contributed by atoms with E-state index in [1.807, 2.05) is 0 Å². The standard InChI is InChI=1S/C16H30N2O/c1-17-10-8-14(9-11-17)12-18(2)13-16(19)15-6-4-3-5-7-15/h14-15H,3-13H2,1-2H3. The molecule has 0 spiro atoms. The van der Waals surface area contributed by atoms with Crippen molar-refractivity contribution in [2.45, 2.75) is 44.9 Å². The van der Waals surface area contributed by atoms with Crippen molar-refractivity contribution in [3.8, 4) is 0 Å². The molecule has 19 heavy (non-hydrogen) atoms. The number of rotatable bonds is 5. The number of hydrogen-bond donors (Lipinski definition) is 0. The summed E-state index contributed by atoms with van der Waals surface area (Å²) < 4.78 is 0. The molecular formula is C16H30N2O. The summed E-state index contributed by atoms with van der Waals surface area (Å²) >= 11 is 0. The fourth-order valence-corrected chi connectivity index (χ4v) is 3.57. The van der Waals surface area contributed by atoms with Crippen LogP contribution in [0.5, 0.6) is 0 Å². The lowest BCUT2D eigenvalue weighted by Crippen LogP contribution is -2.38. The maximum absolute atomic E-state index is 12.3. The van der Waals surface area contributed by atoms with E-state index in [0.717, 1.165) is 25.3 Å². The summed E-state index contributed by atoms with van der Waals surface area (Å²) in [4.78, 5) is 16.9. The molecule has 1 aliphatic heterocycles. The fourth-order valence-electron chi connectivity index (χ4n) is 3.57. The zero-order chi connectivity index (χ0) is 13.7. The molecule has 1 heterocycles. The van der Waals surface area contributed by atoms with Crippen LogP contribution in [0, 0.1) is 11.8 Å². The first-order valence-electron chi connectivity index (χ1n) is 8.05. The van der Waals surface area contributed by atoms with Gasteiger partial charge in [0.2, 0.25) is 0 Å². The number of piperidine rings is 1. The van der Waals surface area contributed by atoms with Gasteiger partial charge in [0.15, 0.2) is 0 Å². The number of hydrogen-bond acceptors (Lipinski definition) is 3. The first kappa shape index (κ1) is 15.0. The second-order valence-electron chi connectivity index (χ2n) is 6.74. The van der Waals surface area contributed by atoms with Gasteiger partial charge in [-0.2, -0.15) is 0 Å². The van der Waals surface area contributed by atoms with E-state index in [-0.39, 0.29) is 0 Å². The van der Waals surface area contributed by atoms with Crippen molar-refractivity contribution in [3.63, 3.8) is 0 Å². The molecule has 2 rings (SSSR count). The predicted molar refractivity (Wildman–Crippen MR) is 79.3 cm³/mol. The highest BCUT2D eigenvalue weighted by molar-refractivity contribution is 5.83. The summed E-state index contributed by atoms with van der Waals surface area (Å²) in [5.74, 6) is 1.66. The lowest BCUT2D eigenvalue weighted by Gasteiger charge is -2.32.